The lowest BCUT2D eigenvalue weighted by Gasteiger charge is -2.58. The number of rotatable bonds is 4. The van der Waals surface area contributed by atoms with Crippen molar-refractivity contribution in [2.75, 3.05) is 6.61 Å². The molecule has 1 saturated heterocycles. The molecule has 2 heterocycles. The summed E-state index contributed by atoms with van der Waals surface area (Å²) in [7, 11) is 0. The Morgan fingerprint density at radius 1 is 1.45 bits per heavy atom. The Hall–Kier alpha value is -1.62. The molecule has 22 heavy (non-hydrogen) atoms. The van der Waals surface area contributed by atoms with Gasteiger partial charge >= 0.3 is 5.97 Å². The van der Waals surface area contributed by atoms with Crippen LogP contribution in [0, 0.1) is 11.3 Å². The summed E-state index contributed by atoms with van der Waals surface area (Å²) in [4.78, 5) is 23.7. The van der Waals surface area contributed by atoms with Gasteiger partial charge in [0.1, 0.15) is 6.10 Å². The van der Waals surface area contributed by atoms with E-state index in [4.69, 9.17) is 9.47 Å². The molecule has 3 atom stereocenters. The average Bonchev–Trinajstić information content (AvgIpc) is 2.52. The van der Waals surface area contributed by atoms with Gasteiger partial charge in [0.25, 0.3) is 5.56 Å². The Morgan fingerprint density at radius 3 is 3.05 bits per heavy atom. The van der Waals surface area contributed by atoms with Crippen LogP contribution in [0.3, 0.4) is 0 Å². The first-order valence-electron chi connectivity index (χ1n) is 7.96. The molecule has 1 saturated carbocycles. The second kappa shape index (κ2) is 5.88. The normalized spacial score (nSPS) is 29.3. The molecule has 2 aliphatic rings. The van der Waals surface area contributed by atoms with Crippen LogP contribution in [0.15, 0.2) is 29.2 Å². The minimum atomic E-state index is -0.238. The zero-order valence-electron chi connectivity index (χ0n) is 13.2. The number of carbonyl (C=O) groups excluding carboxylic acids is 1. The zero-order chi connectivity index (χ0) is 15.7. The molecule has 0 amide bonds. The number of nitrogens with zero attached hydrogens (tertiary/aromatic N) is 1. The van der Waals surface area contributed by atoms with Crippen molar-refractivity contribution in [1.82, 2.24) is 4.57 Å². The second-order valence-corrected chi connectivity index (χ2v) is 6.81. The fourth-order valence-electron chi connectivity index (χ4n) is 3.77. The van der Waals surface area contributed by atoms with Crippen LogP contribution < -0.4 is 5.56 Å². The Labute approximate surface area is 130 Å². The van der Waals surface area contributed by atoms with Gasteiger partial charge < -0.3 is 14.0 Å². The first-order valence-corrected chi connectivity index (χ1v) is 7.96. The molecule has 0 bridgehead atoms. The molecule has 1 aromatic rings. The molecule has 0 aromatic carbocycles. The zero-order valence-corrected chi connectivity index (χ0v) is 13.2. The number of pyridine rings is 1. The van der Waals surface area contributed by atoms with Gasteiger partial charge in [-0.3, -0.25) is 9.59 Å². The fraction of sp³-hybridized carbons (Fsp3) is 0.647. The average molecular weight is 305 g/mol. The molecule has 3 unspecified atom stereocenters. The van der Waals surface area contributed by atoms with Crippen LogP contribution in [0.1, 0.15) is 33.1 Å². The van der Waals surface area contributed by atoms with Crippen LogP contribution in [0.25, 0.3) is 0 Å². The van der Waals surface area contributed by atoms with Crippen LogP contribution in [-0.4, -0.2) is 29.4 Å². The van der Waals surface area contributed by atoms with Gasteiger partial charge in [-0.1, -0.05) is 19.9 Å². The number of aryl methyl sites for hydroxylation is 1. The van der Waals surface area contributed by atoms with Gasteiger partial charge in [-0.25, -0.2) is 0 Å². The van der Waals surface area contributed by atoms with Crippen molar-refractivity contribution in [2.24, 2.45) is 11.3 Å². The molecule has 5 nitrogen and oxygen atoms in total. The number of esters is 1. The van der Waals surface area contributed by atoms with Crippen LogP contribution in [0.4, 0.5) is 0 Å². The Balaban J connectivity index is 1.56. The molecule has 120 valence electrons. The summed E-state index contributed by atoms with van der Waals surface area (Å²) in [5, 5.41) is 0. The van der Waals surface area contributed by atoms with Crippen molar-refractivity contribution in [3.63, 3.8) is 0 Å². The molecular formula is C17H23NO4. The highest BCUT2D eigenvalue weighted by atomic mass is 16.6. The molecular weight excluding hydrogens is 282 g/mol. The van der Waals surface area contributed by atoms with Crippen molar-refractivity contribution in [2.45, 2.75) is 51.9 Å². The molecule has 5 heteroatoms. The van der Waals surface area contributed by atoms with Gasteiger partial charge in [-0.15, -0.1) is 0 Å². The third-order valence-electron chi connectivity index (χ3n) is 4.94. The predicted octanol–water partition coefficient (Wildman–Crippen LogP) is 1.99. The molecule has 1 aliphatic carbocycles. The van der Waals surface area contributed by atoms with Crippen molar-refractivity contribution in [3.05, 3.63) is 34.7 Å². The first kappa shape index (κ1) is 15.3. The Kier molecular flexibility index (Phi) is 4.08. The highest BCUT2D eigenvalue weighted by Crippen LogP contribution is 2.52. The molecule has 1 aliphatic heterocycles. The SMILES string of the molecule is CC1(C)C2OCCCC2C1OC(=O)CCn1ccccc1=O. The number of ether oxygens (including phenoxy) is 2. The predicted molar refractivity (Wildman–Crippen MR) is 81.4 cm³/mol. The third-order valence-corrected chi connectivity index (χ3v) is 4.94. The Morgan fingerprint density at radius 2 is 2.27 bits per heavy atom. The third kappa shape index (κ3) is 2.70. The number of hydrogen-bond donors (Lipinski definition) is 0. The van der Waals surface area contributed by atoms with Crippen LogP contribution in [0.2, 0.25) is 0 Å². The van der Waals surface area contributed by atoms with Gasteiger partial charge in [0.15, 0.2) is 0 Å². The van der Waals surface area contributed by atoms with Crippen LogP contribution >= 0.6 is 0 Å². The maximum atomic E-state index is 12.1. The molecule has 0 spiro atoms. The maximum Gasteiger partial charge on any atom is 0.307 e. The van der Waals surface area contributed by atoms with Gasteiger partial charge in [0.05, 0.1) is 12.5 Å². The van der Waals surface area contributed by atoms with E-state index >= 15 is 0 Å². The quantitative estimate of drug-likeness (QED) is 0.798. The van der Waals surface area contributed by atoms with Gasteiger partial charge in [-0.05, 0) is 18.9 Å². The summed E-state index contributed by atoms with van der Waals surface area (Å²) < 4.78 is 13.0. The lowest BCUT2D eigenvalue weighted by atomic mass is 9.57. The molecule has 1 aromatic heterocycles. The van der Waals surface area contributed by atoms with E-state index in [0.717, 1.165) is 19.4 Å². The van der Waals surface area contributed by atoms with Gasteiger partial charge in [0.2, 0.25) is 0 Å². The topological polar surface area (TPSA) is 57.5 Å². The van der Waals surface area contributed by atoms with Crippen LogP contribution in [-0.2, 0) is 20.8 Å². The molecule has 0 N–H and O–H groups in total. The summed E-state index contributed by atoms with van der Waals surface area (Å²) in [5.74, 6) is 0.0880. The largest absolute Gasteiger partial charge is 0.461 e. The minimum Gasteiger partial charge on any atom is -0.461 e. The summed E-state index contributed by atoms with van der Waals surface area (Å²) in [5.41, 5.74) is -0.218. The number of aromatic nitrogens is 1. The van der Waals surface area contributed by atoms with Crippen molar-refractivity contribution < 1.29 is 14.3 Å². The van der Waals surface area contributed by atoms with E-state index in [-0.39, 0.29) is 35.6 Å². The van der Waals surface area contributed by atoms with Gasteiger partial charge in [0, 0.05) is 36.7 Å². The molecule has 0 radical (unpaired) electrons. The van der Waals surface area contributed by atoms with Crippen molar-refractivity contribution in [3.8, 4) is 0 Å². The Bertz CT molecular complexity index is 607. The lowest BCUT2D eigenvalue weighted by molar-refractivity contribution is -0.254. The first-order chi connectivity index (χ1) is 10.5. The lowest BCUT2D eigenvalue weighted by Crippen LogP contribution is -2.65. The second-order valence-electron chi connectivity index (χ2n) is 6.81. The van der Waals surface area contributed by atoms with E-state index in [2.05, 4.69) is 13.8 Å². The molecule has 2 fully saturated rings. The van der Waals surface area contributed by atoms with E-state index in [9.17, 15) is 9.59 Å². The number of hydrogen-bond acceptors (Lipinski definition) is 4. The summed E-state index contributed by atoms with van der Waals surface area (Å²) in [6, 6.07) is 4.97. The summed E-state index contributed by atoms with van der Waals surface area (Å²) in [6.45, 7) is 5.36. The smallest absolute Gasteiger partial charge is 0.307 e. The van der Waals surface area contributed by atoms with E-state index in [1.807, 2.05) is 0 Å². The summed E-state index contributed by atoms with van der Waals surface area (Å²) >= 11 is 0. The summed E-state index contributed by atoms with van der Waals surface area (Å²) in [6.07, 6.45) is 4.13. The van der Waals surface area contributed by atoms with E-state index in [0.29, 0.717) is 12.5 Å². The fourth-order valence-corrected chi connectivity index (χ4v) is 3.77. The maximum absolute atomic E-state index is 12.1. The van der Waals surface area contributed by atoms with E-state index < -0.39 is 0 Å². The van der Waals surface area contributed by atoms with Gasteiger partial charge in [-0.2, -0.15) is 0 Å². The van der Waals surface area contributed by atoms with Crippen molar-refractivity contribution in [1.29, 1.82) is 0 Å². The molecule has 3 rings (SSSR count). The highest BCUT2D eigenvalue weighted by Gasteiger charge is 2.60. The number of fused-ring (bicyclic) bond motifs is 1. The standard InChI is InChI=1S/C17H23NO4/c1-17(2)15-12(6-5-11-21-15)16(17)22-14(20)8-10-18-9-4-3-7-13(18)19/h3-4,7,9,12,15-16H,5-6,8,10-11H2,1-2H3. The monoisotopic (exact) mass is 305 g/mol. The van der Waals surface area contributed by atoms with E-state index in [1.165, 1.54) is 10.6 Å². The van der Waals surface area contributed by atoms with Crippen molar-refractivity contribution >= 4 is 5.97 Å². The van der Waals surface area contributed by atoms with Crippen LogP contribution in [0.5, 0.6) is 0 Å². The van der Waals surface area contributed by atoms with E-state index in [1.54, 1.807) is 18.3 Å². The minimum absolute atomic E-state index is 0.0715. The highest BCUT2D eigenvalue weighted by molar-refractivity contribution is 5.69. The number of carbonyl (C=O) groups is 1.